The molecule has 1 aromatic rings. The Morgan fingerprint density at radius 1 is 1.43 bits per heavy atom. The normalized spacial score (nSPS) is 10.6. The largest absolute Gasteiger partial charge is 0.481 e. The van der Waals surface area contributed by atoms with Crippen LogP contribution in [0.1, 0.15) is 32.3 Å². The zero-order chi connectivity index (χ0) is 10.4. The highest BCUT2D eigenvalue weighted by molar-refractivity contribution is 5.25. The van der Waals surface area contributed by atoms with Gasteiger partial charge in [-0.3, -0.25) is 0 Å². The lowest BCUT2D eigenvalue weighted by Gasteiger charge is -2.07. The van der Waals surface area contributed by atoms with Crippen molar-refractivity contribution in [3.63, 3.8) is 0 Å². The van der Waals surface area contributed by atoms with Gasteiger partial charge in [0, 0.05) is 11.8 Å². The molecule has 1 rings (SSSR count). The van der Waals surface area contributed by atoms with Gasteiger partial charge in [-0.15, -0.1) is 0 Å². The van der Waals surface area contributed by atoms with Crippen LogP contribution in [0.5, 0.6) is 5.88 Å². The molecule has 0 radical (unpaired) electrons. The number of rotatable bonds is 5. The van der Waals surface area contributed by atoms with Crippen molar-refractivity contribution in [2.45, 2.75) is 33.1 Å². The van der Waals surface area contributed by atoms with E-state index in [9.17, 15) is 0 Å². The quantitative estimate of drug-likeness (QED) is 0.717. The van der Waals surface area contributed by atoms with Crippen LogP contribution in [-0.4, -0.2) is 12.1 Å². The molecule has 0 unspecified atom stereocenters. The van der Waals surface area contributed by atoms with Gasteiger partial charge in [0.2, 0.25) is 5.88 Å². The van der Waals surface area contributed by atoms with E-state index < -0.39 is 0 Å². The van der Waals surface area contributed by atoms with E-state index in [1.165, 1.54) is 18.4 Å². The van der Waals surface area contributed by atoms with Gasteiger partial charge in [0.15, 0.2) is 0 Å². The third-order valence-corrected chi connectivity index (χ3v) is 2.27. The number of hydrogen-bond donors (Lipinski definition) is 0. The minimum atomic E-state index is 0.774. The van der Waals surface area contributed by atoms with Gasteiger partial charge in [0.05, 0.1) is 7.11 Å². The first-order valence-corrected chi connectivity index (χ1v) is 5.22. The summed E-state index contributed by atoms with van der Waals surface area (Å²) in [5, 5.41) is 0. The Labute approximate surface area is 86.3 Å². The molecular formula is C12H19NO. The average Bonchev–Trinajstić information content (AvgIpc) is 2.18. The predicted molar refractivity (Wildman–Crippen MR) is 58.6 cm³/mol. The molecule has 0 fully saturated rings. The van der Waals surface area contributed by atoms with Crippen LogP contribution in [0.25, 0.3) is 0 Å². The fraction of sp³-hybridized carbons (Fsp3) is 0.583. The van der Waals surface area contributed by atoms with Gasteiger partial charge in [0.1, 0.15) is 0 Å². The van der Waals surface area contributed by atoms with Crippen molar-refractivity contribution in [2.75, 3.05) is 7.11 Å². The number of hydrogen-bond acceptors (Lipinski definition) is 2. The Morgan fingerprint density at radius 3 is 2.86 bits per heavy atom. The molecule has 0 N–H and O–H groups in total. The maximum Gasteiger partial charge on any atom is 0.216 e. The van der Waals surface area contributed by atoms with Crippen molar-refractivity contribution >= 4 is 0 Å². The SMILES string of the molecule is COc1ncccc1CCCC(C)C. The lowest BCUT2D eigenvalue weighted by atomic mass is 10.0. The summed E-state index contributed by atoms with van der Waals surface area (Å²) >= 11 is 0. The van der Waals surface area contributed by atoms with Crippen LogP contribution in [0.15, 0.2) is 18.3 Å². The summed E-state index contributed by atoms with van der Waals surface area (Å²) < 4.78 is 5.19. The molecule has 0 saturated heterocycles. The number of methoxy groups -OCH3 is 1. The van der Waals surface area contributed by atoms with E-state index in [2.05, 4.69) is 24.9 Å². The van der Waals surface area contributed by atoms with E-state index >= 15 is 0 Å². The van der Waals surface area contributed by atoms with E-state index in [1.54, 1.807) is 13.3 Å². The van der Waals surface area contributed by atoms with Crippen molar-refractivity contribution < 1.29 is 4.74 Å². The second kappa shape index (κ2) is 5.63. The maximum atomic E-state index is 5.19. The monoisotopic (exact) mass is 193 g/mol. The molecule has 0 amide bonds. The summed E-state index contributed by atoms with van der Waals surface area (Å²) in [4.78, 5) is 4.17. The lowest BCUT2D eigenvalue weighted by Crippen LogP contribution is -1.96. The minimum Gasteiger partial charge on any atom is -0.481 e. The Bertz CT molecular complexity index is 271. The van der Waals surface area contributed by atoms with Crippen LogP contribution in [0, 0.1) is 5.92 Å². The third-order valence-electron chi connectivity index (χ3n) is 2.27. The second-order valence-corrected chi connectivity index (χ2v) is 3.96. The van der Waals surface area contributed by atoms with Crippen molar-refractivity contribution in [2.24, 2.45) is 5.92 Å². The summed E-state index contributed by atoms with van der Waals surface area (Å²) in [5.41, 5.74) is 1.22. The summed E-state index contributed by atoms with van der Waals surface area (Å²) in [6.45, 7) is 4.50. The lowest BCUT2D eigenvalue weighted by molar-refractivity contribution is 0.391. The van der Waals surface area contributed by atoms with E-state index in [1.807, 2.05) is 6.07 Å². The molecule has 78 valence electrons. The first-order chi connectivity index (χ1) is 6.74. The molecule has 14 heavy (non-hydrogen) atoms. The summed E-state index contributed by atoms with van der Waals surface area (Å²) in [6, 6.07) is 4.05. The van der Waals surface area contributed by atoms with Crippen molar-refractivity contribution in [3.8, 4) is 5.88 Å². The van der Waals surface area contributed by atoms with Crippen molar-refractivity contribution in [1.29, 1.82) is 0 Å². The predicted octanol–water partition coefficient (Wildman–Crippen LogP) is 3.07. The highest BCUT2D eigenvalue weighted by atomic mass is 16.5. The molecule has 0 aliphatic heterocycles. The van der Waals surface area contributed by atoms with Crippen LogP contribution >= 0.6 is 0 Å². The van der Waals surface area contributed by atoms with Gasteiger partial charge in [-0.05, 0) is 24.8 Å². The average molecular weight is 193 g/mol. The molecule has 0 atom stereocenters. The van der Waals surface area contributed by atoms with Crippen LogP contribution in [0.2, 0.25) is 0 Å². The topological polar surface area (TPSA) is 22.1 Å². The Morgan fingerprint density at radius 2 is 2.21 bits per heavy atom. The highest BCUT2D eigenvalue weighted by Gasteiger charge is 2.03. The molecule has 0 aliphatic carbocycles. The zero-order valence-corrected chi connectivity index (χ0v) is 9.29. The highest BCUT2D eigenvalue weighted by Crippen LogP contribution is 2.17. The smallest absolute Gasteiger partial charge is 0.216 e. The Balaban J connectivity index is 2.49. The number of aryl methyl sites for hydroxylation is 1. The van der Waals surface area contributed by atoms with Gasteiger partial charge >= 0.3 is 0 Å². The molecule has 0 saturated carbocycles. The van der Waals surface area contributed by atoms with E-state index in [-0.39, 0.29) is 0 Å². The van der Waals surface area contributed by atoms with Gasteiger partial charge in [0.25, 0.3) is 0 Å². The molecule has 0 aliphatic rings. The summed E-state index contributed by atoms with van der Waals surface area (Å²) in [6.07, 6.45) is 5.30. The molecule has 2 heteroatoms. The summed E-state index contributed by atoms with van der Waals surface area (Å²) in [5.74, 6) is 1.55. The molecular weight excluding hydrogens is 174 g/mol. The molecule has 0 spiro atoms. The molecule has 0 aromatic carbocycles. The Kier molecular flexibility index (Phi) is 4.44. The van der Waals surface area contributed by atoms with E-state index in [4.69, 9.17) is 4.74 Å². The molecule has 2 nitrogen and oxygen atoms in total. The molecule has 0 bridgehead atoms. The van der Waals surface area contributed by atoms with E-state index in [0.29, 0.717) is 0 Å². The first kappa shape index (κ1) is 11.0. The number of aromatic nitrogens is 1. The molecule has 1 heterocycles. The van der Waals surface area contributed by atoms with Gasteiger partial charge in [-0.2, -0.15) is 0 Å². The van der Waals surface area contributed by atoms with Crippen LogP contribution in [0.3, 0.4) is 0 Å². The maximum absolute atomic E-state index is 5.19. The van der Waals surface area contributed by atoms with Crippen LogP contribution in [0.4, 0.5) is 0 Å². The standard InChI is InChI=1S/C12H19NO/c1-10(2)6-4-7-11-8-5-9-13-12(11)14-3/h5,8-10H,4,6-7H2,1-3H3. The number of pyridine rings is 1. The first-order valence-electron chi connectivity index (χ1n) is 5.22. The number of ether oxygens (including phenoxy) is 1. The molecule has 1 aromatic heterocycles. The van der Waals surface area contributed by atoms with Gasteiger partial charge in [-0.25, -0.2) is 4.98 Å². The second-order valence-electron chi connectivity index (χ2n) is 3.96. The van der Waals surface area contributed by atoms with Crippen LogP contribution in [-0.2, 0) is 6.42 Å². The Hall–Kier alpha value is -1.05. The van der Waals surface area contributed by atoms with Gasteiger partial charge in [-0.1, -0.05) is 26.3 Å². The van der Waals surface area contributed by atoms with Crippen LogP contribution < -0.4 is 4.74 Å². The fourth-order valence-electron chi connectivity index (χ4n) is 1.50. The number of nitrogens with zero attached hydrogens (tertiary/aromatic N) is 1. The fourth-order valence-corrected chi connectivity index (χ4v) is 1.50. The van der Waals surface area contributed by atoms with E-state index in [0.717, 1.165) is 18.2 Å². The van der Waals surface area contributed by atoms with Crippen molar-refractivity contribution in [3.05, 3.63) is 23.9 Å². The van der Waals surface area contributed by atoms with Crippen molar-refractivity contribution in [1.82, 2.24) is 4.98 Å². The van der Waals surface area contributed by atoms with Gasteiger partial charge < -0.3 is 4.74 Å². The summed E-state index contributed by atoms with van der Waals surface area (Å²) in [7, 11) is 1.67. The third kappa shape index (κ3) is 3.36. The minimum absolute atomic E-state index is 0.774. The zero-order valence-electron chi connectivity index (χ0n) is 9.29.